The van der Waals surface area contributed by atoms with Crippen LogP contribution in [0, 0.1) is 6.92 Å². The number of benzene rings is 1. The molecule has 0 saturated carbocycles. The number of nitrogens with one attached hydrogen (secondary N) is 1. The molecule has 1 aromatic carbocycles. The highest BCUT2D eigenvalue weighted by Gasteiger charge is 2.30. The van der Waals surface area contributed by atoms with E-state index >= 15 is 0 Å². The summed E-state index contributed by atoms with van der Waals surface area (Å²) in [6, 6.07) is 5.60. The summed E-state index contributed by atoms with van der Waals surface area (Å²) >= 11 is 0. The molecule has 2 aromatic heterocycles. The zero-order valence-corrected chi connectivity index (χ0v) is 13.5. The molecule has 0 spiro atoms. The lowest BCUT2D eigenvalue weighted by atomic mass is 10.1. The van der Waals surface area contributed by atoms with Gasteiger partial charge in [0.1, 0.15) is 17.3 Å². The molecule has 0 aliphatic heterocycles. The van der Waals surface area contributed by atoms with Crippen LogP contribution in [0.1, 0.15) is 24.0 Å². The van der Waals surface area contributed by atoms with Crippen molar-refractivity contribution in [3.63, 3.8) is 0 Å². The van der Waals surface area contributed by atoms with E-state index in [4.69, 9.17) is 4.74 Å². The Kier molecular flexibility index (Phi) is 4.47. The quantitative estimate of drug-likeness (QED) is 0.760. The maximum Gasteiger partial charge on any atom is 0.573 e. The zero-order valence-electron chi connectivity index (χ0n) is 13.5. The molecule has 0 amide bonds. The van der Waals surface area contributed by atoms with Gasteiger partial charge in [-0.2, -0.15) is 4.98 Å². The molecule has 0 aliphatic rings. The van der Waals surface area contributed by atoms with Gasteiger partial charge in [0.05, 0.1) is 6.61 Å². The summed E-state index contributed by atoms with van der Waals surface area (Å²) in [5.41, 5.74) is 2.31. The summed E-state index contributed by atoms with van der Waals surface area (Å²) in [5.74, 6) is 0.771. The molecule has 132 valence electrons. The van der Waals surface area contributed by atoms with Crippen molar-refractivity contribution >= 4 is 11.3 Å². The summed E-state index contributed by atoms with van der Waals surface area (Å²) in [4.78, 5) is 16.0. The number of nitrogens with zero attached hydrogens (tertiary/aromatic N) is 3. The number of alkyl halides is 3. The van der Waals surface area contributed by atoms with E-state index in [1.807, 2.05) is 6.92 Å². The minimum atomic E-state index is -4.71. The third-order valence-electron chi connectivity index (χ3n) is 3.30. The van der Waals surface area contributed by atoms with Crippen LogP contribution in [0.25, 0.3) is 11.3 Å². The fourth-order valence-electron chi connectivity index (χ4n) is 2.34. The van der Waals surface area contributed by atoms with Crippen LogP contribution in [0.3, 0.4) is 0 Å². The Morgan fingerprint density at radius 2 is 1.80 bits per heavy atom. The van der Waals surface area contributed by atoms with E-state index in [0.717, 1.165) is 5.56 Å². The van der Waals surface area contributed by atoms with Crippen LogP contribution < -0.4 is 9.47 Å². The second-order valence-electron chi connectivity index (χ2n) is 5.27. The number of hydrogen-bond donors (Lipinski definition) is 1. The Hall–Kier alpha value is -2.84. The topological polar surface area (TPSA) is 72.9 Å². The Labute approximate surface area is 141 Å². The van der Waals surface area contributed by atoms with Crippen molar-refractivity contribution in [1.29, 1.82) is 0 Å². The number of aromatic nitrogens is 4. The minimum Gasteiger partial charge on any atom is -0.477 e. The molecule has 6 nitrogen and oxygen atoms in total. The van der Waals surface area contributed by atoms with E-state index < -0.39 is 6.36 Å². The third kappa shape index (κ3) is 4.17. The van der Waals surface area contributed by atoms with Crippen molar-refractivity contribution in [2.45, 2.75) is 26.6 Å². The van der Waals surface area contributed by atoms with Gasteiger partial charge in [0.2, 0.25) is 11.5 Å². The van der Waals surface area contributed by atoms with E-state index in [0.29, 0.717) is 41.7 Å². The van der Waals surface area contributed by atoms with Crippen LogP contribution in [0.15, 0.2) is 24.3 Å². The highest BCUT2D eigenvalue weighted by molar-refractivity contribution is 5.66. The van der Waals surface area contributed by atoms with Crippen molar-refractivity contribution in [1.82, 2.24) is 19.9 Å². The number of H-pyrrole nitrogens is 1. The Morgan fingerprint density at radius 3 is 2.44 bits per heavy atom. The van der Waals surface area contributed by atoms with Crippen molar-refractivity contribution in [3.05, 3.63) is 41.3 Å². The van der Waals surface area contributed by atoms with E-state index in [9.17, 15) is 13.2 Å². The standard InChI is InChI=1S/C16H15F3N4O2/c1-3-24-15-12(22-13-14(23-15)21-9(2)20-13)8-10-4-6-11(7-5-10)25-16(17,18)19/h4-7H,3,8H2,1-2H3,(H,20,21,22,23). The molecule has 2 heterocycles. The largest absolute Gasteiger partial charge is 0.573 e. The average molecular weight is 352 g/mol. The van der Waals surface area contributed by atoms with Gasteiger partial charge >= 0.3 is 6.36 Å². The molecule has 0 fully saturated rings. The smallest absolute Gasteiger partial charge is 0.477 e. The number of rotatable bonds is 5. The fraction of sp³-hybridized carbons (Fsp3) is 0.312. The summed E-state index contributed by atoms with van der Waals surface area (Å²) in [5, 5.41) is 0. The zero-order chi connectivity index (χ0) is 18.0. The fourth-order valence-corrected chi connectivity index (χ4v) is 2.34. The molecule has 0 unspecified atom stereocenters. The summed E-state index contributed by atoms with van der Waals surface area (Å²) < 4.78 is 46.0. The van der Waals surface area contributed by atoms with Crippen LogP contribution in [-0.2, 0) is 6.42 Å². The van der Waals surface area contributed by atoms with Gasteiger partial charge < -0.3 is 14.5 Å². The van der Waals surface area contributed by atoms with Crippen molar-refractivity contribution in [2.24, 2.45) is 0 Å². The number of halogens is 3. The number of fused-ring (bicyclic) bond motifs is 1. The van der Waals surface area contributed by atoms with Crippen LogP contribution in [0.4, 0.5) is 13.2 Å². The van der Waals surface area contributed by atoms with E-state index in [2.05, 4.69) is 24.7 Å². The second kappa shape index (κ2) is 6.58. The number of imidazole rings is 1. The molecule has 3 rings (SSSR count). The number of aromatic amines is 1. The summed E-state index contributed by atoms with van der Waals surface area (Å²) in [6.07, 6.45) is -4.36. The van der Waals surface area contributed by atoms with Crippen LogP contribution >= 0.6 is 0 Å². The Balaban J connectivity index is 1.87. The van der Waals surface area contributed by atoms with Gasteiger partial charge in [0.15, 0.2) is 5.65 Å². The second-order valence-corrected chi connectivity index (χ2v) is 5.27. The molecule has 3 aromatic rings. The van der Waals surface area contributed by atoms with Crippen LogP contribution in [0.2, 0.25) is 0 Å². The van der Waals surface area contributed by atoms with Crippen LogP contribution in [-0.4, -0.2) is 32.9 Å². The monoisotopic (exact) mass is 352 g/mol. The first-order valence-corrected chi connectivity index (χ1v) is 7.55. The van der Waals surface area contributed by atoms with Crippen molar-refractivity contribution in [2.75, 3.05) is 6.61 Å². The van der Waals surface area contributed by atoms with Gasteiger partial charge in [-0.25, -0.2) is 9.97 Å². The van der Waals surface area contributed by atoms with Crippen molar-refractivity contribution in [3.8, 4) is 11.6 Å². The molecule has 0 radical (unpaired) electrons. The van der Waals surface area contributed by atoms with Gasteiger partial charge in [-0.15, -0.1) is 13.2 Å². The first kappa shape index (κ1) is 17.0. The highest BCUT2D eigenvalue weighted by Crippen LogP contribution is 2.25. The SMILES string of the molecule is CCOc1nc2nc(C)[nH]c2nc1Cc1ccc(OC(F)(F)F)cc1. The maximum absolute atomic E-state index is 12.2. The van der Waals surface area contributed by atoms with Crippen LogP contribution in [0.5, 0.6) is 11.6 Å². The summed E-state index contributed by atoms with van der Waals surface area (Å²) in [7, 11) is 0. The number of hydrogen-bond acceptors (Lipinski definition) is 5. The lowest BCUT2D eigenvalue weighted by molar-refractivity contribution is -0.274. The van der Waals surface area contributed by atoms with E-state index in [1.54, 1.807) is 19.1 Å². The van der Waals surface area contributed by atoms with Gasteiger partial charge in [0.25, 0.3) is 0 Å². The lowest BCUT2D eigenvalue weighted by Gasteiger charge is -2.10. The van der Waals surface area contributed by atoms with Crippen molar-refractivity contribution < 1.29 is 22.6 Å². The predicted molar refractivity (Wildman–Crippen MR) is 83.5 cm³/mol. The normalized spacial score (nSPS) is 11.7. The lowest BCUT2D eigenvalue weighted by Crippen LogP contribution is -2.17. The Morgan fingerprint density at radius 1 is 1.08 bits per heavy atom. The van der Waals surface area contributed by atoms with Gasteiger partial charge in [0, 0.05) is 6.42 Å². The molecule has 0 bridgehead atoms. The first-order valence-electron chi connectivity index (χ1n) is 7.55. The van der Waals surface area contributed by atoms with E-state index in [-0.39, 0.29) is 5.75 Å². The molecule has 9 heteroatoms. The van der Waals surface area contributed by atoms with E-state index in [1.165, 1.54) is 12.1 Å². The van der Waals surface area contributed by atoms with Gasteiger partial charge in [-0.1, -0.05) is 12.1 Å². The minimum absolute atomic E-state index is 0.271. The first-order chi connectivity index (χ1) is 11.8. The molecule has 1 N–H and O–H groups in total. The molecular weight excluding hydrogens is 337 g/mol. The number of aryl methyl sites for hydroxylation is 1. The Bertz CT molecular complexity index is 875. The predicted octanol–water partition coefficient (Wildman–Crippen LogP) is 3.55. The molecular formula is C16H15F3N4O2. The molecule has 0 saturated heterocycles. The number of ether oxygens (including phenoxy) is 2. The highest BCUT2D eigenvalue weighted by atomic mass is 19.4. The molecule has 25 heavy (non-hydrogen) atoms. The van der Waals surface area contributed by atoms with Gasteiger partial charge in [-0.05, 0) is 31.5 Å². The molecule has 0 aliphatic carbocycles. The average Bonchev–Trinajstić information content (AvgIpc) is 2.87. The molecule has 0 atom stereocenters. The summed E-state index contributed by atoms with van der Waals surface area (Å²) in [6.45, 7) is 4.03. The van der Waals surface area contributed by atoms with Gasteiger partial charge in [-0.3, -0.25) is 0 Å². The third-order valence-corrected chi connectivity index (χ3v) is 3.30. The maximum atomic E-state index is 12.2.